The third-order valence-electron chi connectivity index (χ3n) is 4.80. The van der Waals surface area contributed by atoms with E-state index in [0.717, 1.165) is 31.5 Å². The van der Waals surface area contributed by atoms with Crippen molar-refractivity contribution in [2.24, 2.45) is 0 Å². The van der Waals surface area contributed by atoms with E-state index in [-0.39, 0.29) is 36.1 Å². The van der Waals surface area contributed by atoms with Crippen LogP contribution in [0.2, 0.25) is 0 Å². The van der Waals surface area contributed by atoms with Gasteiger partial charge in [0.1, 0.15) is 0 Å². The van der Waals surface area contributed by atoms with Gasteiger partial charge in [0, 0.05) is 6.42 Å². The van der Waals surface area contributed by atoms with Gasteiger partial charge in [0.25, 0.3) is 5.91 Å². The molecule has 1 aliphatic heterocycles. The van der Waals surface area contributed by atoms with Crippen molar-refractivity contribution < 1.29 is 14.3 Å². The van der Waals surface area contributed by atoms with Gasteiger partial charge in [-0.3, -0.25) is 9.59 Å². The Labute approximate surface area is 158 Å². The fourth-order valence-electron chi connectivity index (χ4n) is 3.23. The zero-order valence-corrected chi connectivity index (χ0v) is 15.4. The number of carbonyl (C=O) groups is 2. The van der Waals surface area contributed by atoms with E-state index in [1.807, 2.05) is 30.3 Å². The minimum absolute atomic E-state index is 0.220. The highest BCUT2D eigenvalue weighted by Gasteiger charge is 2.21. The molecule has 0 bridgehead atoms. The Balaban J connectivity index is 1.68. The van der Waals surface area contributed by atoms with Crippen molar-refractivity contribution in [2.45, 2.75) is 37.8 Å². The molecule has 8 nitrogen and oxygen atoms in total. The molecule has 3 rings (SSSR count). The third-order valence-corrected chi connectivity index (χ3v) is 4.80. The molecule has 1 aliphatic rings. The molecule has 1 saturated heterocycles. The lowest BCUT2D eigenvalue weighted by Crippen LogP contribution is -2.30. The minimum Gasteiger partial charge on any atom is -0.469 e. The first-order valence-electron chi connectivity index (χ1n) is 9.22. The van der Waals surface area contributed by atoms with Crippen molar-refractivity contribution in [1.29, 1.82) is 0 Å². The monoisotopic (exact) mass is 371 g/mol. The van der Waals surface area contributed by atoms with Crippen LogP contribution in [-0.4, -0.2) is 47.1 Å². The lowest BCUT2D eigenvalue weighted by molar-refractivity contribution is -0.140. The Morgan fingerprint density at radius 2 is 2.04 bits per heavy atom. The van der Waals surface area contributed by atoms with Gasteiger partial charge in [-0.25, -0.2) is 4.68 Å². The number of rotatable bonds is 7. The lowest BCUT2D eigenvalue weighted by Gasteiger charge is -2.22. The minimum atomic E-state index is -0.304. The van der Waals surface area contributed by atoms with Crippen LogP contribution in [0.15, 0.2) is 36.5 Å². The summed E-state index contributed by atoms with van der Waals surface area (Å²) in [5.41, 5.74) is 1.22. The van der Waals surface area contributed by atoms with E-state index < -0.39 is 0 Å². The fourth-order valence-corrected chi connectivity index (χ4v) is 3.23. The SMILES string of the molecule is COC(=O)CCC(NC(=O)c1cn(C2CCNCC2)nn1)c1ccccc1. The summed E-state index contributed by atoms with van der Waals surface area (Å²) < 4.78 is 6.49. The van der Waals surface area contributed by atoms with Gasteiger partial charge in [0.15, 0.2) is 5.69 Å². The number of methoxy groups -OCH3 is 1. The van der Waals surface area contributed by atoms with Crippen molar-refractivity contribution in [2.75, 3.05) is 20.2 Å². The quantitative estimate of drug-likeness (QED) is 0.718. The highest BCUT2D eigenvalue weighted by molar-refractivity contribution is 5.92. The summed E-state index contributed by atoms with van der Waals surface area (Å²) in [5, 5.41) is 14.4. The largest absolute Gasteiger partial charge is 0.469 e. The molecule has 1 atom stereocenters. The number of hydrogen-bond acceptors (Lipinski definition) is 6. The first-order valence-corrected chi connectivity index (χ1v) is 9.22. The average molecular weight is 371 g/mol. The Kier molecular flexibility index (Phi) is 6.54. The molecule has 27 heavy (non-hydrogen) atoms. The molecule has 1 unspecified atom stereocenters. The number of aromatic nitrogens is 3. The van der Waals surface area contributed by atoms with Crippen LogP contribution in [0, 0.1) is 0 Å². The third kappa shape index (κ3) is 5.13. The molecule has 1 aromatic heterocycles. The second-order valence-electron chi connectivity index (χ2n) is 6.62. The summed E-state index contributed by atoms with van der Waals surface area (Å²) in [4.78, 5) is 24.2. The molecular weight excluding hydrogens is 346 g/mol. The topological polar surface area (TPSA) is 98.1 Å². The van der Waals surface area contributed by atoms with Crippen LogP contribution in [0.1, 0.15) is 53.8 Å². The molecular formula is C19H25N5O3. The predicted molar refractivity (Wildman–Crippen MR) is 99.1 cm³/mol. The number of nitrogens with zero attached hydrogens (tertiary/aromatic N) is 3. The van der Waals surface area contributed by atoms with Gasteiger partial charge in [-0.15, -0.1) is 5.10 Å². The molecule has 8 heteroatoms. The summed E-state index contributed by atoms with van der Waals surface area (Å²) in [6.07, 6.45) is 4.31. The van der Waals surface area contributed by atoms with Crippen LogP contribution in [0.3, 0.4) is 0 Å². The molecule has 1 amide bonds. The number of hydrogen-bond donors (Lipinski definition) is 2. The number of carbonyl (C=O) groups excluding carboxylic acids is 2. The number of benzene rings is 1. The van der Waals surface area contributed by atoms with E-state index >= 15 is 0 Å². The standard InChI is InChI=1S/C19H25N5O3/c1-27-18(25)8-7-16(14-5-3-2-4-6-14)21-19(26)17-13-24(23-22-17)15-9-11-20-12-10-15/h2-6,13,15-16,20H,7-12H2,1H3,(H,21,26). The van der Waals surface area contributed by atoms with Gasteiger partial charge in [-0.05, 0) is 37.9 Å². The van der Waals surface area contributed by atoms with Gasteiger partial charge in [-0.1, -0.05) is 35.5 Å². The van der Waals surface area contributed by atoms with Crippen LogP contribution in [0.25, 0.3) is 0 Å². The van der Waals surface area contributed by atoms with Crippen LogP contribution in [-0.2, 0) is 9.53 Å². The highest BCUT2D eigenvalue weighted by atomic mass is 16.5. The normalized spacial score (nSPS) is 15.9. The van der Waals surface area contributed by atoms with Crippen molar-refractivity contribution in [3.63, 3.8) is 0 Å². The number of piperidine rings is 1. The van der Waals surface area contributed by atoms with Crippen LogP contribution in [0.5, 0.6) is 0 Å². The van der Waals surface area contributed by atoms with Crippen LogP contribution >= 0.6 is 0 Å². The summed E-state index contributed by atoms with van der Waals surface area (Å²) in [7, 11) is 1.36. The average Bonchev–Trinajstić information content (AvgIpc) is 3.22. The molecule has 144 valence electrons. The second kappa shape index (κ2) is 9.27. The maximum absolute atomic E-state index is 12.7. The van der Waals surface area contributed by atoms with E-state index in [1.165, 1.54) is 7.11 Å². The Bertz CT molecular complexity index is 756. The van der Waals surface area contributed by atoms with Crippen molar-refractivity contribution >= 4 is 11.9 Å². The number of amides is 1. The highest BCUT2D eigenvalue weighted by Crippen LogP contribution is 2.20. The molecule has 2 N–H and O–H groups in total. The second-order valence-corrected chi connectivity index (χ2v) is 6.62. The molecule has 1 aromatic carbocycles. The molecule has 0 radical (unpaired) electrons. The van der Waals surface area contributed by atoms with E-state index in [2.05, 4.69) is 20.9 Å². The van der Waals surface area contributed by atoms with E-state index in [1.54, 1.807) is 10.9 Å². The fraction of sp³-hybridized carbons (Fsp3) is 0.474. The van der Waals surface area contributed by atoms with Crippen LogP contribution in [0.4, 0.5) is 0 Å². The first-order chi connectivity index (χ1) is 13.2. The van der Waals surface area contributed by atoms with Gasteiger partial charge >= 0.3 is 5.97 Å². The van der Waals surface area contributed by atoms with Crippen molar-refractivity contribution in [3.05, 3.63) is 47.8 Å². The predicted octanol–water partition coefficient (Wildman–Crippen LogP) is 1.63. The van der Waals surface area contributed by atoms with Gasteiger partial charge in [-0.2, -0.15) is 0 Å². The van der Waals surface area contributed by atoms with Crippen molar-refractivity contribution in [3.8, 4) is 0 Å². The number of nitrogens with one attached hydrogen (secondary N) is 2. The summed E-state index contributed by atoms with van der Waals surface area (Å²) in [6.45, 7) is 1.88. The summed E-state index contributed by atoms with van der Waals surface area (Å²) in [5.74, 6) is -0.601. The maximum atomic E-state index is 12.7. The zero-order valence-electron chi connectivity index (χ0n) is 15.4. The molecule has 1 fully saturated rings. The van der Waals surface area contributed by atoms with E-state index in [4.69, 9.17) is 4.74 Å². The summed E-state index contributed by atoms with van der Waals surface area (Å²) >= 11 is 0. The number of esters is 1. The van der Waals surface area contributed by atoms with Crippen LogP contribution < -0.4 is 10.6 Å². The summed E-state index contributed by atoms with van der Waals surface area (Å²) in [6, 6.07) is 9.53. The Morgan fingerprint density at radius 1 is 1.30 bits per heavy atom. The lowest BCUT2D eigenvalue weighted by atomic mass is 10.0. The molecule has 0 aliphatic carbocycles. The Hall–Kier alpha value is -2.74. The van der Waals surface area contributed by atoms with Gasteiger partial charge < -0.3 is 15.4 Å². The molecule has 0 spiro atoms. The molecule has 0 saturated carbocycles. The molecule has 2 aromatic rings. The zero-order chi connectivity index (χ0) is 19.1. The van der Waals surface area contributed by atoms with Gasteiger partial charge in [0.05, 0.1) is 25.4 Å². The van der Waals surface area contributed by atoms with E-state index in [0.29, 0.717) is 6.42 Å². The first kappa shape index (κ1) is 19.0. The van der Waals surface area contributed by atoms with Crippen molar-refractivity contribution in [1.82, 2.24) is 25.6 Å². The van der Waals surface area contributed by atoms with E-state index in [9.17, 15) is 9.59 Å². The maximum Gasteiger partial charge on any atom is 0.305 e. The molecule has 2 heterocycles. The smallest absolute Gasteiger partial charge is 0.305 e. The number of ether oxygens (including phenoxy) is 1. The Morgan fingerprint density at radius 3 is 2.74 bits per heavy atom. The van der Waals surface area contributed by atoms with Gasteiger partial charge in [0.2, 0.25) is 0 Å².